The second kappa shape index (κ2) is 5.19. The largest absolute Gasteiger partial charge is 0.0533 e. The fourth-order valence-electron chi connectivity index (χ4n) is 3.55. The summed E-state index contributed by atoms with van der Waals surface area (Å²) < 4.78 is 0. The Hall–Kier alpha value is 0. The Labute approximate surface area is 89.5 Å². The Balaban J connectivity index is 1.76. The molecular formula is C14H25. The molecule has 2 aliphatic rings. The predicted molar refractivity (Wildman–Crippen MR) is 62.0 cm³/mol. The highest BCUT2D eigenvalue weighted by molar-refractivity contribution is 4.80. The number of hydrogen-bond acceptors (Lipinski definition) is 0. The minimum Gasteiger partial charge on any atom is -0.0533 e. The summed E-state index contributed by atoms with van der Waals surface area (Å²) in [4.78, 5) is 0. The molecule has 14 heavy (non-hydrogen) atoms. The highest BCUT2D eigenvalue weighted by Crippen LogP contribution is 2.40. The molecule has 2 saturated carbocycles. The molecule has 0 amide bonds. The summed E-state index contributed by atoms with van der Waals surface area (Å²) in [5, 5.41) is 0. The lowest BCUT2D eigenvalue weighted by Crippen LogP contribution is -2.23. The van der Waals surface area contributed by atoms with Crippen molar-refractivity contribution in [3.8, 4) is 0 Å². The molecule has 2 fully saturated rings. The fourth-order valence-corrected chi connectivity index (χ4v) is 3.55. The second-order valence-corrected chi connectivity index (χ2v) is 5.47. The van der Waals surface area contributed by atoms with Crippen LogP contribution in [0.2, 0.25) is 0 Å². The first-order valence-corrected chi connectivity index (χ1v) is 6.69. The summed E-state index contributed by atoms with van der Waals surface area (Å²) in [7, 11) is 0. The summed E-state index contributed by atoms with van der Waals surface area (Å²) in [6.07, 6.45) is 14.8. The molecule has 0 heterocycles. The maximum absolute atomic E-state index is 4.05. The van der Waals surface area contributed by atoms with Crippen LogP contribution in [-0.2, 0) is 0 Å². The van der Waals surface area contributed by atoms with Gasteiger partial charge in [0.25, 0.3) is 0 Å². The Morgan fingerprint density at radius 2 is 1.29 bits per heavy atom. The van der Waals surface area contributed by atoms with Crippen LogP contribution in [0.25, 0.3) is 0 Å². The van der Waals surface area contributed by atoms with E-state index < -0.39 is 0 Å². The van der Waals surface area contributed by atoms with Gasteiger partial charge in [0, 0.05) is 0 Å². The Morgan fingerprint density at radius 3 is 1.86 bits per heavy atom. The van der Waals surface area contributed by atoms with Crippen molar-refractivity contribution in [2.24, 2.45) is 17.8 Å². The molecule has 0 spiro atoms. The summed E-state index contributed by atoms with van der Waals surface area (Å²) in [6.45, 7) is 4.05. The summed E-state index contributed by atoms with van der Waals surface area (Å²) in [5.41, 5.74) is 0. The molecule has 0 heteroatoms. The SMILES string of the molecule is [CH2]CC1CCC(C2CCCCC2)CC1. The first kappa shape index (κ1) is 10.5. The van der Waals surface area contributed by atoms with Crippen LogP contribution in [0.4, 0.5) is 0 Å². The molecule has 0 N–H and O–H groups in total. The average molecular weight is 193 g/mol. The van der Waals surface area contributed by atoms with E-state index in [-0.39, 0.29) is 0 Å². The van der Waals surface area contributed by atoms with Gasteiger partial charge < -0.3 is 0 Å². The van der Waals surface area contributed by atoms with Crippen molar-refractivity contribution < 1.29 is 0 Å². The van der Waals surface area contributed by atoms with Gasteiger partial charge in [0.05, 0.1) is 0 Å². The van der Waals surface area contributed by atoms with Crippen LogP contribution < -0.4 is 0 Å². The van der Waals surface area contributed by atoms with Gasteiger partial charge in [-0.15, -0.1) is 0 Å². The molecule has 0 aromatic rings. The third-order valence-electron chi connectivity index (χ3n) is 4.62. The van der Waals surface area contributed by atoms with Crippen LogP contribution in [0.1, 0.15) is 64.2 Å². The highest BCUT2D eigenvalue weighted by Gasteiger charge is 2.27. The molecule has 0 aromatic carbocycles. The fraction of sp³-hybridized carbons (Fsp3) is 0.929. The third-order valence-corrected chi connectivity index (χ3v) is 4.62. The lowest BCUT2D eigenvalue weighted by molar-refractivity contribution is 0.168. The zero-order valence-corrected chi connectivity index (χ0v) is 9.51. The van der Waals surface area contributed by atoms with E-state index in [1.165, 1.54) is 51.4 Å². The number of rotatable bonds is 2. The van der Waals surface area contributed by atoms with Crippen molar-refractivity contribution in [3.05, 3.63) is 6.92 Å². The van der Waals surface area contributed by atoms with Crippen LogP contribution in [0.15, 0.2) is 0 Å². The van der Waals surface area contributed by atoms with Gasteiger partial charge in [-0.2, -0.15) is 0 Å². The minimum absolute atomic E-state index is 0.967. The van der Waals surface area contributed by atoms with E-state index in [0.717, 1.165) is 17.8 Å². The van der Waals surface area contributed by atoms with Gasteiger partial charge in [-0.25, -0.2) is 0 Å². The summed E-state index contributed by atoms with van der Waals surface area (Å²) >= 11 is 0. The van der Waals surface area contributed by atoms with Crippen molar-refractivity contribution in [1.29, 1.82) is 0 Å². The molecule has 0 bridgehead atoms. The first-order chi connectivity index (χ1) is 6.90. The zero-order chi connectivity index (χ0) is 9.80. The molecule has 0 atom stereocenters. The molecule has 0 saturated heterocycles. The van der Waals surface area contributed by atoms with Crippen molar-refractivity contribution in [2.75, 3.05) is 0 Å². The van der Waals surface area contributed by atoms with Crippen molar-refractivity contribution in [3.63, 3.8) is 0 Å². The third kappa shape index (κ3) is 2.52. The van der Waals surface area contributed by atoms with Crippen molar-refractivity contribution in [2.45, 2.75) is 64.2 Å². The van der Waals surface area contributed by atoms with Gasteiger partial charge in [0.1, 0.15) is 0 Å². The van der Waals surface area contributed by atoms with Crippen LogP contribution in [-0.4, -0.2) is 0 Å². The van der Waals surface area contributed by atoms with Gasteiger partial charge in [-0.05, 0) is 30.6 Å². The zero-order valence-electron chi connectivity index (χ0n) is 9.51. The molecule has 0 nitrogen and oxygen atoms in total. The monoisotopic (exact) mass is 193 g/mol. The highest BCUT2D eigenvalue weighted by atomic mass is 14.3. The Morgan fingerprint density at radius 1 is 0.714 bits per heavy atom. The molecule has 0 aliphatic heterocycles. The van der Waals surface area contributed by atoms with Crippen LogP contribution in [0.3, 0.4) is 0 Å². The molecule has 2 rings (SSSR count). The summed E-state index contributed by atoms with van der Waals surface area (Å²) in [6, 6.07) is 0. The van der Waals surface area contributed by atoms with E-state index in [4.69, 9.17) is 0 Å². The van der Waals surface area contributed by atoms with E-state index in [1.807, 2.05) is 0 Å². The normalized spacial score (nSPS) is 35.8. The van der Waals surface area contributed by atoms with Crippen molar-refractivity contribution in [1.82, 2.24) is 0 Å². The van der Waals surface area contributed by atoms with E-state index in [2.05, 4.69) is 6.92 Å². The lowest BCUT2D eigenvalue weighted by Gasteiger charge is -2.35. The minimum atomic E-state index is 0.967. The van der Waals surface area contributed by atoms with Gasteiger partial charge in [-0.3, -0.25) is 0 Å². The molecule has 0 unspecified atom stereocenters. The maximum atomic E-state index is 4.05. The van der Waals surface area contributed by atoms with Gasteiger partial charge >= 0.3 is 0 Å². The van der Waals surface area contributed by atoms with E-state index in [0.29, 0.717) is 0 Å². The van der Waals surface area contributed by atoms with Crippen LogP contribution >= 0.6 is 0 Å². The van der Waals surface area contributed by atoms with E-state index in [9.17, 15) is 0 Å². The Kier molecular flexibility index (Phi) is 3.89. The lowest BCUT2D eigenvalue weighted by atomic mass is 9.71. The number of hydrogen-bond donors (Lipinski definition) is 0. The smallest absolute Gasteiger partial charge is 0.0386 e. The average Bonchev–Trinajstić information content (AvgIpc) is 2.30. The van der Waals surface area contributed by atoms with Crippen LogP contribution in [0.5, 0.6) is 0 Å². The van der Waals surface area contributed by atoms with Gasteiger partial charge in [-0.1, -0.05) is 58.3 Å². The summed E-state index contributed by atoms with van der Waals surface area (Å²) in [5.74, 6) is 3.17. The molecule has 81 valence electrons. The first-order valence-electron chi connectivity index (χ1n) is 6.69. The molecular weight excluding hydrogens is 168 g/mol. The van der Waals surface area contributed by atoms with Crippen molar-refractivity contribution >= 4 is 0 Å². The second-order valence-electron chi connectivity index (χ2n) is 5.47. The maximum Gasteiger partial charge on any atom is -0.0386 e. The van der Waals surface area contributed by atoms with E-state index in [1.54, 1.807) is 12.8 Å². The molecule has 0 aromatic heterocycles. The van der Waals surface area contributed by atoms with Crippen LogP contribution in [0, 0.1) is 24.7 Å². The van der Waals surface area contributed by atoms with Gasteiger partial charge in [0.15, 0.2) is 0 Å². The topological polar surface area (TPSA) is 0 Å². The molecule has 1 radical (unpaired) electrons. The quantitative estimate of drug-likeness (QED) is 0.601. The van der Waals surface area contributed by atoms with E-state index >= 15 is 0 Å². The Bertz CT molecular complexity index is 147. The predicted octanol–water partition coefficient (Wildman–Crippen LogP) is 4.60. The molecule has 2 aliphatic carbocycles. The van der Waals surface area contributed by atoms with Gasteiger partial charge in [0.2, 0.25) is 0 Å². The standard InChI is InChI=1S/C14H25/c1-2-12-8-10-14(11-9-12)13-6-4-3-5-7-13/h12-14H,1-11H2.